The molecule has 0 radical (unpaired) electrons. The maximum Gasteiger partial charge on any atom is -0.000343 e. The molecule has 0 nitrogen and oxygen atoms in total. The van der Waals surface area contributed by atoms with Crippen LogP contribution in [-0.4, -0.2) is 0 Å². The lowest BCUT2D eigenvalue weighted by Crippen LogP contribution is -1.65. The van der Waals surface area contributed by atoms with E-state index in [9.17, 15) is 0 Å². The van der Waals surface area contributed by atoms with Crippen LogP contribution in [-0.2, 0) is 0 Å². The van der Waals surface area contributed by atoms with Gasteiger partial charge in [0.25, 0.3) is 0 Å². The topological polar surface area (TPSA) is 0 Å². The van der Waals surface area contributed by atoms with Crippen molar-refractivity contribution in [2.75, 3.05) is 0 Å². The molecule has 0 heterocycles. The number of hydrogen-bond acceptors (Lipinski definition) is 0. The van der Waals surface area contributed by atoms with E-state index in [1.165, 1.54) is 0 Å². The van der Waals surface area contributed by atoms with Gasteiger partial charge in [0.2, 0.25) is 0 Å². The van der Waals surface area contributed by atoms with Crippen molar-refractivity contribution in [3.63, 3.8) is 0 Å². The monoisotopic (exact) mass is 1060 g/mol. The molecule has 0 aromatic heterocycles. The van der Waals surface area contributed by atoms with Gasteiger partial charge in [-0.15, -0.1) is 143 Å². The van der Waals surface area contributed by atoms with Crippen LogP contribution in [0, 0.1) is 0 Å². The van der Waals surface area contributed by atoms with Gasteiger partial charge in [-0.2, -0.15) is 0 Å². The van der Waals surface area contributed by atoms with Crippen molar-refractivity contribution in [3.05, 3.63) is 0 Å². The average Bonchev–Trinajstić information content (AvgIpc) is 2.61. The SMILES string of the molecule is [PH-]PP(P(P)P)P(P(P)P)P(P(P(P)P)P(P)P)P(P(P(P)P)P(P)P)P(P(P)P)P(P)P. The molecule has 0 spiro atoms. The molecular weight excluding hydrogens is 1020 g/mol. The molecule has 0 amide bonds. The summed E-state index contributed by atoms with van der Waals surface area (Å²) in [6.45, 7) is -0.552. The molecule has 20 atom stereocenters. The van der Waals surface area contributed by atoms with Crippen LogP contribution >= 0.6 is 265 Å². The zero-order valence-corrected chi connectivity index (χ0v) is 50.8. The van der Waals surface area contributed by atoms with Crippen LogP contribution < -0.4 is 0 Å². The molecule has 33 heteroatoms. The van der Waals surface area contributed by atoms with Gasteiger partial charge in [-0.1, -0.05) is 0 Å². The Morgan fingerprint density at radius 3 is 0.667 bits per heavy atom. The Kier molecular flexibility index (Phi) is 37.2. The molecule has 0 aromatic rings. The largest absolute Gasteiger partial charge is 0.524 e. The summed E-state index contributed by atoms with van der Waals surface area (Å²) >= 11 is 0. The molecule has 20 unspecified atom stereocenters. The van der Waals surface area contributed by atoms with Crippen LogP contribution in [0.25, 0.3) is 0 Å². The molecule has 0 aliphatic heterocycles. The minimum atomic E-state index is -0.0896. The third kappa shape index (κ3) is 17.3. The Hall–Kier alpha value is 14.2. The van der Waals surface area contributed by atoms with Crippen LogP contribution in [0.3, 0.4) is 0 Å². The summed E-state index contributed by atoms with van der Waals surface area (Å²) in [5, 5.41) is 0. The summed E-state index contributed by atoms with van der Waals surface area (Å²) in [6.07, 6.45) is 0. The van der Waals surface area contributed by atoms with Crippen LogP contribution in [0.15, 0.2) is 0 Å². The van der Waals surface area contributed by atoms with Crippen molar-refractivity contribution in [2.24, 2.45) is 0 Å². The van der Waals surface area contributed by atoms with Crippen molar-refractivity contribution < 1.29 is 0 Å². The summed E-state index contributed by atoms with van der Waals surface area (Å²) in [4.78, 5) is 0. The third-order valence-electron chi connectivity index (χ3n) is 2.73. The lowest BCUT2D eigenvalue weighted by atomic mass is 28.5. The molecule has 0 aliphatic rings. The maximum absolute atomic E-state index is 4.14. The second kappa shape index (κ2) is 26.0. The summed E-state index contributed by atoms with van der Waals surface area (Å²) in [7, 11) is 58.2. The van der Waals surface area contributed by atoms with Crippen LogP contribution in [0.2, 0.25) is 0 Å². The molecule has 33 heavy (non-hydrogen) atoms. The Balaban J connectivity index is 7.45. The van der Waals surface area contributed by atoms with E-state index in [-0.39, 0.29) is 105 Å². The standard InChI is InChI=1S/H34P33/c1-18-27(19(2)3)31(26(16)17)33(30(24(12)13)25(14)15)32(28(20(4)5)21(6)7)29(22(8)9)23(10)11/h1,18H,2-17H2/q-1. The number of rotatable bonds is 15. The summed E-state index contributed by atoms with van der Waals surface area (Å²) in [5.41, 5.74) is 0. The summed E-state index contributed by atoms with van der Waals surface area (Å²) in [6, 6.07) is 0. The summed E-state index contributed by atoms with van der Waals surface area (Å²) < 4.78 is 0. The fourth-order valence-electron chi connectivity index (χ4n) is 1.80. The van der Waals surface area contributed by atoms with Gasteiger partial charge in [0, 0.05) is 0 Å². The van der Waals surface area contributed by atoms with E-state index >= 15 is 0 Å². The molecule has 0 bridgehead atoms. The molecule has 200 valence electrons. The fourth-order valence-corrected chi connectivity index (χ4v) is 438. The highest BCUT2D eigenvalue weighted by Gasteiger charge is 2.51. The van der Waals surface area contributed by atoms with Gasteiger partial charge in [-0.05, 0) is 105 Å². The average molecular weight is 1060 g/mol. The van der Waals surface area contributed by atoms with E-state index in [0.717, 1.165) is 7.96 Å². The zero-order chi connectivity index (χ0) is 26.4. The third-order valence-corrected chi connectivity index (χ3v) is 221. The zero-order valence-electron chi connectivity index (χ0n) is 16.9. The van der Waals surface area contributed by atoms with Gasteiger partial charge in [-0.3, -0.25) is 7.96 Å². The van der Waals surface area contributed by atoms with E-state index in [1.807, 2.05) is 0 Å². The predicted molar refractivity (Wildman–Crippen MR) is 276 cm³/mol. The lowest BCUT2D eigenvalue weighted by molar-refractivity contribution is 4.41. The Morgan fingerprint density at radius 2 is 0.515 bits per heavy atom. The fraction of sp³-hybridized carbons (Fsp3) is 0. The highest BCUT2D eigenvalue weighted by atomic mass is 33.5. The van der Waals surface area contributed by atoms with E-state index in [0.29, 0.717) is 0 Å². The van der Waals surface area contributed by atoms with E-state index in [2.05, 4.69) is 152 Å². The maximum atomic E-state index is 4.14. The van der Waals surface area contributed by atoms with E-state index in [1.54, 1.807) is 0 Å². The smallest absolute Gasteiger partial charge is 0.000343 e. The van der Waals surface area contributed by atoms with Crippen molar-refractivity contribution in [3.8, 4) is 0 Å². The normalized spacial score (nSPS) is 17.0. The molecule has 0 rings (SSSR count). The Labute approximate surface area is 261 Å². The molecule has 0 aliphatic carbocycles. The van der Waals surface area contributed by atoms with E-state index < -0.39 is 0 Å². The van der Waals surface area contributed by atoms with Crippen molar-refractivity contribution in [2.45, 2.75) is 0 Å². The second-order valence-corrected chi connectivity index (χ2v) is 136. The van der Waals surface area contributed by atoms with E-state index in [4.69, 9.17) is 0 Å². The minimum Gasteiger partial charge on any atom is -0.524 e. The first-order chi connectivity index (χ1) is 15.0. The molecule has 0 N–H and O–H groups in total. The highest BCUT2D eigenvalue weighted by molar-refractivity contribution is 9.45. The quantitative estimate of drug-likeness (QED) is 0.143. The second-order valence-electron chi connectivity index (χ2n) is 5.05. The highest BCUT2D eigenvalue weighted by Crippen LogP contribution is 3.39. The van der Waals surface area contributed by atoms with Gasteiger partial charge < -0.3 is 8.93 Å². The Bertz CT molecular complexity index is 448. The number of hydrogen-bond donors (Lipinski definition) is 0. The summed E-state index contributed by atoms with van der Waals surface area (Å²) in [5.74, 6) is 0. The minimum absolute atomic E-state index is 0.00395. The van der Waals surface area contributed by atoms with Crippen molar-refractivity contribution in [1.29, 1.82) is 0 Å². The predicted octanol–water partition coefficient (Wildman–Crippen LogP) is 19.3. The van der Waals surface area contributed by atoms with Gasteiger partial charge in [0.1, 0.15) is 0 Å². The van der Waals surface area contributed by atoms with Crippen molar-refractivity contribution >= 4 is 265 Å². The van der Waals surface area contributed by atoms with Gasteiger partial charge >= 0.3 is 0 Å². The Morgan fingerprint density at radius 1 is 0.303 bits per heavy atom. The van der Waals surface area contributed by atoms with Gasteiger partial charge in [-0.25, -0.2) is 0 Å². The molecule has 0 fully saturated rings. The molecule has 0 saturated heterocycles. The van der Waals surface area contributed by atoms with Crippen LogP contribution in [0.5, 0.6) is 0 Å². The lowest BCUT2D eigenvalue weighted by Gasteiger charge is -2.54. The molecular formula is H34P33-. The van der Waals surface area contributed by atoms with Crippen LogP contribution in [0.4, 0.5) is 0 Å². The first kappa shape index (κ1) is 47.2. The molecule has 0 saturated carbocycles. The van der Waals surface area contributed by atoms with Gasteiger partial charge in [0.15, 0.2) is 0 Å². The van der Waals surface area contributed by atoms with Gasteiger partial charge in [0.05, 0.1) is 0 Å². The first-order valence-corrected chi connectivity index (χ1v) is 66.6. The molecule has 0 aromatic carbocycles. The van der Waals surface area contributed by atoms with Crippen molar-refractivity contribution in [1.82, 2.24) is 0 Å². The first-order valence-electron chi connectivity index (χ1n) is 7.40. The van der Waals surface area contributed by atoms with Crippen LogP contribution in [0.1, 0.15) is 0 Å².